The van der Waals surface area contributed by atoms with Crippen molar-refractivity contribution in [2.45, 2.75) is 118 Å². The second-order valence-corrected chi connectivity index (χ2v) is 15.2. The maximum Gasteiger partial charge on any atom is 0.407 e. The summed E-state index contributed by atoms with van der Waals surface area (Å²) in [4.78, 5) is 26.5. The molecule has 2 N–H and O–H groups in total. The Hall–Kier alpha value is -1.36. The van der Waals surface area contributed by atoms with Crippen molar-refractivity contribution in [3.05, 3.63) is 11.6 Å². The highest BCUT2D eigenvalue weighted by molar-refractivity contribution is 5.95. The number of ether oxygens (including phenoxy) is 1. The molecular weight excluding hydrogens is 450 g/mol. The molecule has 0 aromatic heterocycles. The van der Waals surface area contributed by atoms with E-state index in [0.717, 1.165) is 51.4 Å². The largest absolute Gasteiger partial charge is 0.453 e. The van der Waals surface area contributed by atoms with Crippen molar-refractivity contribution in [1.82, 2.24) is 5.32 Å². The third-order valence-electron chi connectivity index (χ3n) is 13.1. The lowest BCUT2D eigenvalue weighted by atomic mass is 9.33. The summed E-state index contributed by atoms with van der Waals surface area (Å²) in [6.07, 6.45) is 10.4. The van der Waals surface area contributed by atoms with E-state index >= 15 is 0 Å². The number of hydrogen-bond acceptors (Lipinski definition) is 4. The van der Waals surface area contributed by atoms with Gasteiger partial charge in [-0.1, -0.05) is 47.1 Å². The first-order chi connectivity index (χ1) is 16.6. The lowest BCUT2D eigenvalue weighted by Gasteiger charge is -2.70. The van der Waals surface area contributed by atoms with Crippen LogP contribution in [0.1, 0.15) is 106 Å². The third kappa shape index (κ3) is 3.29. The number of hydrogen-bond donors (Lipinski definition) is 2. The van der Waals surface area contributed by atoms with Gasteiger partial charge in [-0.3, -0.25) is 4.79 Å². The molecule has 4 saturated carbocycles. The molecule has 5 nitrogen and oxygen atoms in total. The van der Waals surface area contributed by atoms with Crippen molar-refractivity contribution in [3.63, 3.8) is 0 Å². The Kier molecular flexibility index (Phi) is 5.71. The summed E-state index contributed by atoms with van der Waals surface area (Å²) in [5, 5.41) is 14.0. The van der Waals surface area contributed by atoms with Crippen LogP contribution >= 0.6 is 0 Å². The zero-order valence-corrected chi connectivity index (χ0v) is 23.9. The molecule has 5 aliphatic rings. The second-order valence-electron chi connectivity index (χ2n) is 15.2. The Bertz CT molecular complexity index is 1000. The molecule has 0 aliphatic heterocycles. The number of allylic oxidation sites excluding steroid dienone is 2. The van der Waals surface area contributed by atoms with E-state index in [2.05, 4.69) is 59.9 Å². The van der Waals surface area contributed by atoms with E-state index in [0.29, 0.717) is 11.7 Å². The molecule has 0 spiro atoms. The average Bonchev–Trinajstić information content (AvgIpc) is 2.79. The van der Waals surface area contributed by atoms with Crippen LogP contribution in [0.15, 0.2) is 11.6 Å². The van der Waals surface area contributed by atoms with Crippen molar-refractivity contribution in [2.75, 3.05) is 7.11 Å². The Morgan fingerprint density at radius 3 is 2.31 bits per heavy atom. The first-order valence-electron chi connectivity index (χ1n) is 14.4. The zero-order chi connectivity index (χ0) is 26.5. The minimum atomic E-state index is -0.367. The Morgan fingerprint density at radius 2 is 1.64 bits per heavy atom. The third-order valence-corrected chi connectivity index (χ3v) is 13.1. The minimum absolute atomic E-state index is 0.00296. The summed E-state index contributed by atoms with van der Waals surface area (Å²) in [7, 11) is 1.43. The van der Waals surface area contributed by atoms with E-state index in [9.17, 15) is 14.7 Å². The number of carbonyl (C=O) groups is 2. The number of amides is 1. The molecule has 0 radical (unpaired) electrons. The fourth-order valence-corrected chi connectivity index (χ4v) is 10.6. The van der Waals surface area contributed by atoms with Gasteiger partial charge >= 0.3 is 6.09 Å². The lowest BCUT2D eigenvalue weighted by Crippen LogP contribution is -2.67. The molecule has 0 aromatic carbocycles. The SMILES string of the molecule is COC(=O)N[C@@]1(C)CC[C@]2(C)CC[C@]3(C)C(=CC(=O)C4C3(C)CCC3C(C)(C)[C@@H](O)CC[C@@]34C)C2C1. The highest BCUT2D eigenvalue weighted by Crippen LogP contribution is 2.74. The number of ketones is 1. The van der Waals surface area contributed by atoms with Gasteiger partial charge in [-0.25, -0.2) is 4.79 Å². The Morgan fingerprint density at radius 1 is 0.972 bits per heavy atom. The van der Waals surface area contributed by atoms with Crippen LogP contribution in [0.5, 0.6) is 0 Å². The number of methoxy groups -OCH3 is 1. The predicted octanol–water partition coefficient (Wildman–Crippen LogP) is 6.44. The van der Waals surface area contributed by atoms with Gasteiger partial charge in [-0.15, -0.1) is 0 Å². The van der Waals surface area contributed by atoms with Gasteiger partial charge in [0, 0.05) is 11.5 Å². The number of fused-ring (bicyclic) bond motifs is 7. The van der Waals surface area contributed by atoms with E-state index in [1.54, 1.807) is 0 Å². The number of aliphatic hydroxyl groups is 1. The van der Waals surface area contributed by atoms with E-state index in [1.807, 2.05) is 0 Å². The van der Waals surface area contributed by atoms with Gasteiger partial charge in [-0.2, -0.15) is 0 Å². The molecule has 5 heteroatoms. The fraction of sp³-hybridized carbons (Fsp3) is 0.871. The monoisotopic (exact) mass is 499 g/mol. The zero-order valence-electron chi connectivity index (χ0n) is 23.9. The van der Waals surface area contributed by atoms with Gasteiger partial charge in [0.2, 0.25) is 0 Å². The van der Waals surface area contributed by atoms with Crippen molar-refractivity contribution in [2.24, 2.45) is 44.8 Å². The maximum atomic E-state index is 14.3. The first kappa shape index (κ1) is 26.3. The molecular formula is C31H49NO4. The van der Waals surface area contributed by atoms with Crippen LogP contribution in [-0.2, 0) is 9.53 Å². The number of aliphatic hydroxyl groups excluding tert-OH is 1. The summed E-state index contributed by atoms with van der Waals surface area (Å²) in [5.41, 5.74) is 0.793. The number of alkyl carbamates (subject to hydrolysis) is 1. The minimum Gasteiger partial charge on any atom is -0.453 e. The fourth-order valence-electron chi connectivity index (χ4n) is 10.6. The van der Waals surface area contributed by atoms with Gasteiger partial charge in [0.15, 0.2) is 5.78 Å². The molecule has 0 saturated heterocycles. The van der Waals surface area contributed by atoms with Crippen LogP contribution < -0.4 is 5.32 Å². The quantitative estimate of drug-likeness (QED) is 0.435. The Labute approximate surface area is 218 Å². The molecule has 0 bridgehead atoms. The second kappa shape index (κ2) is 7.83. The summed E-state index contributed by atoms with van der Waals surface area (Å²) < 4.78 is 4.96. The average molecular weight is 500 g/mol. The van der Waals surface area contributed by atoms with Crippen molar-refractivity contribution in [1.29, 1.82) is 0 Å². The number of nitrogens with one attached hydrogen (secondary N) is 1. The molecule has 5 rings (SSSR count). The van der Waals surface area contributed by atoms with Crippen LogP contribution in [0, 0.1) is 44.8 Å². The van der Waals surface area contributed by atoms with Crippen LogP contribution in [0.25, 0.3) is 0 Å². The van der Waals surface area contributed by atoms with Crippen LogP contribution in [0.2, 0.25) is 0 Å². The highest BCUT2D eigenvalue weighted by Gasteiger charge is 2.70. The van der Waals surface area contributed by atoms with E-state index in [4.69, 9.17) is 4.74 Å². The smallest absolute Gasteiger partial charge is 0.407 e. The predicted molar refractivity (Wildman–Crippen MR) is 141 cm³/mol. The summed E-state index contributed by atoms with van der Waals surface area (Å²) >= 11 is 0. The van der Waals surface area contributed by atoms with Crippen LogP contribution in [0.4, 0.5) is 4.79 Å². The van der Waals surface area contributed by atoms with Crippen molar-refractivity contribution >= 4 is 11.9 Å². The number of carbonyl (C=O) groups excluding carboxylic acids is 2. The van der Waals surface area contributed by atoms with Crippen molar-refractivity contribution < 1.29 is 19.4 Å². The van der Waals surface area contributed by atoms with Gasteiger partial charge in [0.25, 0.3) is 0 Å². The molecule has 0 heterocycles. The van der Waals surface area contributed by atoms with Crippen LogP contribution in [-0.4, -0.2) is 35.7 Å². The maximum absolute atomic E-state index is 14.3. The standard InChI is InChI=1S/C31H49NO4/c1-26(2)22-9-12-31(7)24(29(22,5)11-10-23(26)34)21(33)17-19-20-18-28(4,32-25(35)36-8)15-13-27(20,3)14-16-30(19,31)6/h17,20,22-24,34H,9-16,18H2,1-8H3,(H,32,35)/t20?,22?,23-,24?,27+,28-,29-,30+,31?/m0/s1. The van der Waals surface area contributed by atoms with E-state index in [1.165, 1.54) is 19.1 Å². The topological polar surface area (TPSA) is 75.6 Å². The highest BCUT2D eigenvalue weighted by atomic mass is 16.5. The van der Waals surface area contributed by atoms with Crippen LogP contribution in [0.3, 0.4) is 0 Å². The molecule has 9 atom stereocenters. The van der Waals surface area contributed by atoms with Crippen molar-refractivity contribution in [3.8, 4) is 0 Å². The molecule has 4 fully saturated rings. The summed E-state index contributed by atoms with van der Waals surface area (Å²) in [6, 6.07) is 0. The molecule has 4 unspecified atom stereocenters. The lowest BCUT2D eigenvalue weighted by molar-refractivity contribution is -0.201. The first-order valence-corrected chi connectivity index (χ1v) is 14.4. The Balaban J connectivity index is 1.58. The summed E-state index contributed by atoms with van der Waals surface area (Å²) in [5.74, 6) is 0.952. The normalized spacial score (nSPS) is 51.6. The molecule has 5 aliphatic carbocycles. The molecule has 36 heavy (non-hydrogen) atoms. The van der Waals surface area contributed by atoms with E-state index in [-0.39, 0.29) is 56.6 Å². The molecule has 202 valence electrons. The van der Waals surface area contributed by atoms with E-state index < -0.39 is 0 Å². The molecule has 0 aromatic rings. The van der Waals surface area contributed by atoms with Gasteiger partial charge in [0.05, 0.1) is 13.2 Å². The summed E-state index contributed by atoms with van der Waals surface area (Å²) in [6.45, 7) is 16.3. The molecule has 1 amide bonds. The van der Waals surface area contributed by atoms with Gasteiger partial charge < -0.3 is 15.2 Å². The van der Waals surface area contributed by atoms with Gasteiger partial charge in [-0.05, 0) is 110 Å². The van der Waals surface area contributed by atoms with Gasteiger partial charge in [0.1, 0.15) is 0 Å². The number of rotatable bonds is 1.